The fraction of sp³-hybridized carbons (Fsp3) is 0.667. The highest BCUT2D eigenvalue weighted by Gasteiger charge is 2.36. The molecule has 0 aromatic carbocycles. The average Bonchev–Trinajstić information content (AvgIpc) is 2.35. The first-order valence-corrected chi connectivity index (χ1v) is 6.92. The van der Waals surface area contributed by atoms with Crippen molar-refractivity contribution >= 4 is 0 Å². The molecular weight excluding hydrogens is 224 g/mol. The third kappa shape index (κ3) is 3.53. The van der Waals surface area contributed by atoms with Gasteiger partial charge in [0.2, 0.25) is 0 Å². The van der Waals surface area contributed by atoms with Gasteiger partial charge in [0, 0.05) is 31.0 Å². The van der Waals surface area contributed by atoms with Crippen LogP contribution in [0, 0.1) is 5.41 Å². The maximum atomic E-state index is 9.45. The monoisotopic (exact) mass is 248 g/mol. The Labute approximate surface area is 110 Å². The topological polar surface area (TPSA) is 36.4 Å². The molecular formula is C15H24N2O. The summed E-state index contributed by atoms with van der Waals surface area (Å²) in [6, 6.07) is 4.13. The minimum Gasteiger partial charge on any atom is -0.396 e. The van der Waals surface area contributed by atoms with E-state index < -0.39 is 0 Å². The van der Waals surface area contributed by atoms with E-state index in [-0.39, 0.29) is 5.41 Å². The highest BCUT2D eigenvalue weighted by molar-refractivity contribution is 5.08. The number of hydrogen-bond donors (Lipinski definition) is 1. The highest BCUT2D eigenvalue weighted by Crippen LogP contribution is 2.40. The van der Waals surface area contributed by atoms with E-state index in [0.717, 1.165) is 25.9 Å². The van der Waals surface area contributed by atoms with Crippen LogP contribution in [0.2, 0.25) is 0 Å². The lowest BCUT2D eigenvalue weighted by Gasteiger charge is -2.43. The summed E-state index contributed by atoms with van der Waals surface area (Å²) in [7, 11) is 2.17. The fourth-order valence-electron chi connectivity index (χ4n) is 2.79. The minimum absolute atomic E-state index is 0.211. The molecule has 2 rings (SSSR count). The zero-order chi connectivity index (χ0) is 12.8. The minimum atomic E-state index is 0.211. The molecule has 1 saturated carbocycles. The van der Waals surface area contributed by atoms with Crippen molar-refractivity contribution in [2.75, 3.05) is 26.7 Å². The van der Waals surface area contributed by atoms with E-state index in [4.69, 9.17) is 0 Å². The largest absolute Gasteiger partial charge is 0.396 e. The Kier molecular flexibility index (Phi) is 4.72. The SMILES string of the molecule is CN(CCCc1cccnc1)CC1(CO)CCC1. The summed E-state index contributed by atoms with van der Waals surface area (Å²) < 4.78 is 0. The van der Waals surface area contributed by atoms with Gasteiger partial charge in [0.05, 0.1) is 0 Å². The Balaban J connectivity index is 1.67. The molecule has 1 aromatic heterocycles. The van der Waals surface area contributed by atoms with Crippen LogP contribution < -0.4 is 0 Å². The molecule has 1 aromatic rings. The molecule has 0 saturated heterocycles. The summed E-state index contributed by atoms with van der Waals surface area (Å²) in [6.07, 6.45) is 9.67. The van der Waals surface area contributed by atoms with E-state index >= 15 is 0 Å². The van der Waals surface area contributed by atoms with Gasteiger partial charge < -0.3 is 10.0 Å². The first-order valence-electron chi connectivity index (χ1n) is 6.92. The maximum Gasteiger partial charge on any atom is 0.0499 e. The highest BCUT2D eigenvalue weighted by atomic mass is 16.3. The zero-order valence-electron chi connectivity index (χ0n) is 11.3. The molecule has 3 heteroatoms. The number of aryl methyl sites for hydroxylation is 1. The predicted octanol–water partition coefficient (Wildman–Crippen LogP) is 2.11. The molecule has 0 amide bonds. The van der Waals surface area contributed by atoms with Crippen LogP contribution in [0.25, 0.3) is 0 Å². The first kappa shape index (κ1) is 13.5. The maximum absolute atomic E-state index is 9.45. The van der Waals surface area contributed by atoms with Crippen molar-refractivity contribution in [3.8, 4) is 0 Å². The Morgan fingerprint density at radius 1 is 1.44 bits per heavy atom. The van der Waals surface area contributed by atoms with Crippen molar-refractivity contribution in [3.05, 3.63) is 30.1 Å². The van der Waals surface area contributed by atoms with Crippen molar-refractivity contribution in [2.24, 2.45) is 5.41 Å². The van der Waals surface area contributed by atoms with E-state index in [1.165, 1.54) is 24.8 Å². The van der Waals surface area contributed by atoms with Crippen molar-refractivity contribution in [2.45, 2.75) is 32.1 Å². The summed E-state index contributed by atoms with van der Waals surface area (Å²) in [5, 5.41) is 9.45. The van der Waals surface area contributed by atoms with Crippen LogP contribution >= 0.6 is 0 Å². The van der Waals surface area contributed by atoms with Crippen LogP contribution in [-0.4, -0.2) is 41.7 Å². The molecule has 1 aliphatic rings. The van der Waals surface area contributed by atoms with Gasteiger partial charge in [0.1, 0.15) is 0 Å². The Morgan fingerprint density at radius 3 is 2.83 bits per heavy atom. The van der Waals surface area contributed by atoms with Gasteiger partial charge >= 0.3 is 0 Å². The van der Waals surface area contributed by atoms with Crippen molar-refractivity contribution in [1.82, 2.24) is 9.88 Å². The lowest BCUT2D eigenvalue weighted by Crippen LogP contribution is -2.43. The van der Waals surface area contributed by atoms with Crippen LogP contribution in [0.3, 0.4) is 0 Å². The van der Waals surface area contributed by atoms with Crippen LogP contribution in [0.1, 0.15) is 31.2 Å². The van der Waals surface area contributed by atoms with Gasteiger partial charge in [-0.3, -0.25) is 4.98 Å². The standard InChI is InChI=1S/C15H24N2O/c1-17(12-15(13-18)7-4-8-15)10-3-6-14-5-2-9-16-11-14/h2,5,9,11,18H,3-4,6-8,10,12-13H2,1H3. The number of rotatable bonds is 7. The number of aliphatic hydroxyl groups excluding tert-OH is 1. The summed E-state index contributed by atoms with van der Waals surface area (Å²) in [5.41, 5.74) is 1.52. The normalized spacial score (nSPS) is 17.7. The Hall–Kier alpha value is -0.930. The number of pyridine rings is 1. The molecule has 1 fully saturated rings. The molecule has 3 nitrogen and oxygen atoms in total. The second-order valence-electron chi connectivity index (χ2n) is 5.71. The molecule has 0 radical (unpaired) electrons. The van der Waals surface area contributed by atoms with Crippen molar-refractivity contribution in [1.29, 1.82) is 0 Å². The fourth-order valence-corrected chi connectivity index (χ4v) is 2.79. The predicted molar refractivity (Wildman–Crippen MR) is 73.4 cm³/mol. The van der Waals surface area contributed by atoms with E-state index in [9.17, 15) is 5.11 Å². The van der Waals surface area contributed by atoms with Crippen LogP contribution in [0.4, 0.5) is 0 Å². The molecule has 100 valence electrons. The third-order valence-electron chi connectivity index (χ3n) is 4.08. The van der Waals surface area contributed by atoms with Crippen molar-refractivity contribution in [3.63, 3.8) is 0 Å². The molecule has 1 heterocycles. The summed E-state index contributed by atoms with van der Waals surface area (Å²) >= 11 is 0. The lowest BCUT2D eigenvalue weighted by atomic mass is 9.69. The quantitative estimate of drug-likeness (QED) is 0.803. The molecule has 0 bridgehead atoms. The summed E-state index contributed by atoms with van der Waals surface area (Å²) in [6.45, 7) is 2.48. The molecule has 0 spiro atoms. The van der Waals surface area contributed by atoms with E-state index in [1.807, 2.05) is 18.5 Å². The van der Waals surface area contributed by atoms with Gasteiger partial charge in [-0.1, -0.05) is 12.5 Å². The van der Waals surface area contributed by atoms with Crippen molar-refractivity contribution < 1.29 is 5.11 Å². The number of hydrogen-bond acceptors (Lipinski definition) is 3. The van der Waals surface area contributed by atoms with E-state index in [0.29, 0.717) is 6.61 Å². The molecule has 18 heavy (non-hydrogen) atoms. The van der Waals surface area contributed by atoms with Crippen LogP contribution in [0.15, 0.2) is 24.5 Å². The van der Waals surface area contributed by atoms with Crippen LogP contribution in [0.5, 0.6) is 0 Å². The second-order valence-corrected chi connectivity index (χ2v) is 5.71. The third-order valence-corrected chi connectivity index (χ3v) is 4.08. The number of aliphatic hydroxyl groups is 1. The molecule has 1 aliphatic carbocycles. The average molecular weight is 248 g/mol. The number of nitrogens with zero attached hydrogens (tertiary/aromatic N) is 2. The van der Waals surface area contributed by atoms with Gasteiger partial charge in [0.15, 0.2) is 0 Å². The molecule has 0 aliphatic heterocycles. The van der Waals surface area contributed by atoms with Gasteiger partial charge in [-0.25, -0.2) is 0 Å². The smallest absolute Gasteiger partial charge is 0.0499 e. The summed E-state index contributed by atoms with van der Waals surface area (Å²) in [5.74, 6) is 0. The van der Waals surface area contributed by atoms with Gasteiger partial charge in [-0.15, -0.1) is 0 Å². The molecule has 0 unspecified atom stereocenters. The van der Waals surface area contributed by atoms with E-state index in [2.05, 4.69) is 23.0 Å². The number of aromatic nitrogens is 1. The summed E-state index contributed by atoms with van der Waals surface area (Å²) in [4.78, 5) is 6.50. The lowest BCUT2D eigenvalue weighted by molar-refractivity contribution is 0.0144. The van der Waals surface area contributed by atoms with Gasteiger partial charge in [0.25, 0.3) is 0 Å². The van der Waals surface area contributed by atoms with E-state index in [1.54, 1.807) is 0 Å². The first-order chi connectivity index (χ1) is 8.74. The molecule has 1 N–H and O–H groups in total. The Morgan fingerprint density at radius 2 is 2.28 bits per heavy atom. The second kappa shape index (κ2) is 6.30. The van der Waals surface area contributed by atoms with Crippen LogP contribution in [-0.2, 0) is 6.42 Å². The van der Waals surface area contributed by atoms with Gasteiger partial charge in [-0.2, -0.15) is 0 Å². The van der Waals surface area contributed by atoms with Gasteiger partial charge in [-0.05, 0) is 50.9 Å². The Bertz CT molecular complexity index is 343. The molecule has 0 atom stereocenters. The zero-order valence-corrected chi connectivity index (χ0v) is 11.3.